The first-order valence-corrected chi connectivity index (χ1v) is 7.38. The molecule has 1 aromatic carbocycles. The lowest BCUT2D eigenvalue weighted by Gasteiger charge is -2.07. The van der Waals surface area contributed by atoms with Crippen molar-refractivity contribution in [3.8, 4) is 0 Å². The van der Waals surface area contributed by atoms with E-state index in [9.17, 15) is 9.18 Å². The fourth-order valence-corrected chi connectivity index (χ4v) is 3.51. The molecule has 2 aromatic rings. The van der Waals surface area contributed by atoms with E-state index >= 15 is 0 Å². The minimum Gasteiger partial charge on any atom is -0.302 e. The number of nitrogens with zero attached hydrogens (tertiary/aromatic N) is 1. The largest absolute Gasteiger partial charge is 0.302 e. The van der Waals surface area contributed by atoms with Crippen LogP contribution in [0.4, 0.5) is 9.52 Å². The molecule has 1 heterocycles. The Hall–Kier alpha value is -1.49. The molecule has 19 heavy (non-hydrogen) atoms. The number of aromatic nitrogens is 1. The van der Waals surface area contributed by atoms with Crippen LogP contribution in [-0.2, 0) is 4.79 Å². The highest BCUT2D eigenvalue weighted by Gasteiger charge is 2.19. The molecule has 0 spiro atoms. The molecule has 100 valence electrons. The van der Waals surface area contributed by atoms with Crippen molar-refractivity contribution in [2.24, 2.45) is 5.92 Å². The lowest BCUT2D eigenvalue weighted by Crippen LogP contribution is -2.14. The molecule has 1 amide bonds. The third-order valence-electron chi connectivity index (χ3n) is 3.55. The van der Waals surface area contributed by atoms with Crippen molar-refractivity contribution in [3.05, 3.63) is 24.0 Å². The molecule has 0 aliphatic heterocycles. The van der Waals surface area contributed by atoms with Gasteiger partial charge in [0.05, 0.1) is 10.2 Å². The summed E-state index contributed by atoms with van der Waals surface area (Å²) >= 11 is 1.31. The van der Waals surface area contributed by atoms with E-state index in [1.54, 1.807) is 6.07 Å². The summed E-state index contributed by atoms with van der Waals surface area (Å²) in [7, 11) is 0. The number of rotatable bonds is 3. The SMILES string of the molecule is O=C(CC1CCCC1)Nc1nc2ccc(F)cc2s1. The van der Waals surface area contributed by atoms with E-state index < -0.39 is 0 Å². The third-order valence-corrected chi connectivity index (χ3v) is 4.48. The number of fused-ring (bicyclic) bond motifs is 1. The topological polar surface area (TPSA) is 42.0 Å². The molecule has 1 saturated carbocycles. The Labute approximate surface area is 114 Å². The molecule has 0 radical (unpaired) electrons. The molecule has 1 aliphatic rings. The van der Waals surface area contributed by atoms with E-state index in [1.807, 2.05) is 0 Å². The van der Waals surface area contributed by atoms with E-state index in [4.69, 9.17) is 0 Å². The minimum atomic E-state index is -0.278. The summed E-state index contributed by atoms with van der Waals surface area (Å²) in [4.78, 5) is 16.2. The van der Waals surface area contributed by atoms with Gasteiger partial charge in [-0.05, 0) is 37.0 Å². The average molecular weight is 278 g/mol. The highest BCUT2D eigenvalue weighted by molar-refractivity contribution is 7.22. The van der Waals surface area contributed by atoms with Crippen molar-refractivity contribution >= 4 is 32.6 Å². The van der Waals surface area contributed by atoms with Gasteiger partial charge in [-0.15, -0.1) is 0 Å². The van der Waals surface area contributed by atoms with Crippen molar-refractivity contribution in [1.82, 2.24) is 4.98 Å². The second-order valence-corrected chi connectivity index (χ2v) is 6.06. The monoisotopic (exact) mass is 278 g/mol. The zero-order valence-electron chi connectivity index (χ0n) is 10.5. The van der Waals surface area contributed by atoms with Crippen LogP contribution in [0.1, 0.15) is 32.1 Å². The number of halogens is 1. The molecular weight excluding hydrogens is 263 g/mol. The standard InChI is InChI=1S/C14H15FN2OS/c15-10-5-6-11-12(8-10)19-14(16-11)17-13(18)7-9-3-1-2-4-9/h5-6,8-9H,1-4,7H2,(H,16,17,18). The van der Waals surface area contributed by atoms with Gasteiger partial charge in [-0.25, -0.2) is 9.37 Å². The molecule has 3 nitrogen and oxygen atoms in total. The van der Waals surface area contributed by atoms with Gasteiger partial charge >= 0.3 is 0 Å². The van der Waals surface area contributed by atoms with Crippen LogP contribution in [0.25, 0.3) is 10.2 Å². The summed E-state index contributed by atoms with van der Waals surface area (Å²) in [6, 6.07) is 4.46. The normalized spacial score (nSPS) is 16.1. The number of hydrogen-bond acceptors (Lipinski definition) is 3. The number of carbonyl (C=O) groups excluding carboxylic acids is 1. The van der Waals surface area contributed by atoms with Gasteiger partial charge in [0.15, 0.2) is 5.13 Å². The van der Waals surface area contributed by atoms with Crippen LogP contribution in [0.2, 0.25) is 0 Å². The summed E-state index contributed by atoms with van der Waals surface area (Å²) in [6.45, 7) is 0. The Morgan fingerprint density at radius 1 is 1.42 bits per heavy atom. The maximum absolute atomic E-state index is 13.1. The van der Waals surface area contributed by atoms with E-state index in [0.717, 1.165) is 23.1 Å². The van der Waals surface area contributed by atoms with Crippen molar-refractivity contribution in [1.29, 1.82) is 0 Å². The molecule has 1 N–H and O–H groups in total. The van der Waals surface area contributed by atoms with Crippen molar-refractivity contribution in [2.75, 3.05) is 5.32 Å². The lowest BCUT2D eigenvalue weighted by molar-refractivity contribution is -0.117. The summed E-state index contributed by atoms with van der Waals surface area (Å²) in [5.41, 5.74) is 0.725. The number of anilines is 1. The summed E-state index contributed by atoms with van der Waals surface area (Å²) in [5.74, 6) is 0.262. The first-order chi connectivity index (χ1) is 9.20. The quantitative estimate of drug-likeness (QED) is 0.923. The Kier molecular flexibility index (Phi) is 3.46. The first kappa shape index (κ1) is 12.5. The maximum atomic E-state index is 13.1. The van der Waals surface area contributed by atoms with Gasteiger partial charge in [0.25, 0.3) is 0 Å². The van der Waals surface area contributed by atoms with E-state index in [2.05, 4.69) is 10.3 Å². The number of nitrogens with one attached hydrogen (secondary N) is 1. The predicted molar refractivity (Wildman–Crippen MR) is 74.8 cm³/mol. The van der Waals surface area contributed by atoms with Crippen molar-refractivity contribution in [3.63, 3.8) is 0 Å². The molecule has 5 heteroatoms. The van der Waals surface area contributed by atoms with Crippen LogP contribution in [0.3, 0.4) is 0 Å². The van der Waals surface area contributed by atoms with E-state index in [1.165, 1.54) is 36.3 Å². The number of thiazole rings is 1. The van der Waals surface area contributed by atoms with E-state index in [0.29, 0.717) is 17.5 Å². The Morgan fingerprint density at radius 3 is 3.00 bits per heavy atom. The summed E-state index contributed by atoms with van der Waals surface area (Å²) in [5, 5.41) is 3.38. The van der Waals surface area contributed by atoms with Gasteiger partial charge in [-0.1, -0.05) is 24.2 Å². The predicted octanol–water partition coefficient (Wildman–Crippen LogP) is 3.95. The maximum Gasteiger partial charge on any atom is 0.226 e. The van der Waals surface area contributed by atoms with Gasteiger partial charge in [-0.2, -0.15) is 0 Å². The van der Waals surface area contributed by atoms with Crippen LogP contribution >= 0.6 is 11.3 Å². The molecule has 0 bridgehead atoms. The Bertz CT molecular complexity index is 605. The second kappa shape index (κ2) is 5.25. The van der Waals surface area contributed by atoms with Crippen LogP contribution in [0, 0.1) is 11.7 Å². The van der Waals surface area contributed by atoms with Gasteiger partial charge in [-0.3, -0.25) is 4.79 Å². The highest BCUT2D eigenvalue weighted by Crippen LogP contribution is 2.29. The minimum absolute atomic E-state index is 0.0198. The highest BCUT2D eigenvalue weighted by atomic mass is 32.1. The van der Waals surface area contributed by atoms with Crippen LogP contribution in [0.5, 0.6) is 0 Å². The van der Waals surface area contributed by atoms with Gasteiger partial charge in [0.1, 0.15) is 5.82 Å². The number of carbonyl (C=O) groups is 1. The van der Waals surface area contributed by atoms with Crippen molar-refractivity contribution in [2.45, 2.75) is 32.1 Å². The molecule has 0 saturated heterocycles. The van der Waals surface area contributed by atoms with Crippen LogP contribution in [0.15, 0.2) is 18.2 Å². The zero-order valence-corrected chi connectivity index (χ0v) is 11.3. The smallest absolute Gasteiger partial charge is 0.226 e. The molecule has 1 fully saturated rings. The molecular formula is C14H15FN2OS. The summed E-state index contributed by atoms with van der Waals surface area (Å²) in [6.07, 6.45) is 5.35. The zero-order chi connectivity index (χ0) is 13.2. The molecule has 3 rings (SSSR count). The van der Waals surface area contributed by atoms with Crippen LogP contribution < -0.4 is 5.32 Å². The van der Waals surface area contributed by atoms with Crippen LogP contribution in [-0.4, -0.2) is 10.9 Å². The third kappa shape index (κ3) is 2.92. The van der Waals surface area contributed by atoms with Gasteiger partial charge in [0, 0.05) is 6.42 Å². The molecule has 1 aromatic heterocycles. The molecule has 1 aliphatic carbocycles. The lowest BCUT2D eigenvalue weighted by atomic mass is 10.0. The van der Waals surface area contributed by atoms with Gasteiger partial charge in [0.2, 0.25) is 5.91 Å². The van der Waals surface area contributed by atoms with Gasteiger partial charge < -0.3 is 5.32 Å². The number of hydrogen-bond donors (Lipinski definition) is 1. The fraction of sp³-hybridized carbons (Fsp3) is 0.429. The number of amides is 1. The Balaban J connectivity index is 1.68. The Morgan fingerprint density at radius 2 is 2.21 bits per heavy atom. The molecule has 0 atom stereocenters. The molecule has 0 unspecified atom stereocenters. The van der Waals surface area contributed by atoms with E-state index in [-0.39, 0.29) is 11.7 Å². The number of benzene rings is 1. The fourth-order valence-electron chi connectivity index (χ4n) is 2.60. The first-order valence-electron chi connectivity index (χ1n) is 6.56. The summed E-state index contributed by atoms with van der Waals surface area (Å²) < 4.78 is 13.8. The van der Waals surface area contributed by atoms with Crippen molar-refractivity contribution < 1.29 is 9.18 Å². The second-order valence-electron chi connectivity index (χ2n) is 5.03. The average Bonchev–Trinajstić information content (AvgIpc) is 2.97.